The number of aliphatic hydroxyl groups excluding tert-OH is 2. The van der Waals surface area contributed by atoms with Crippen LogP contribution in [0.2, 0.25) is 0 Å². The van der Waals surface area contributed by atoms with Gasteiger partial charge < -0.3 is 14.9 Å². The Morgan fingerprint density at radius 3 is 2.43 bits per heavy atom. The van der Waals surface area contributed by atoms with E-state index in [-0.39, 0.29) is 12.5 Å². The van der Waals surface area contributed by atoms with Crippen LogP contribution >= 0.6 is 0 Å². The molecule has 0 fully saturated rings. The minimum absolute atomic E-state index is 0.0795. The fourth-order valence-electron chi connectivity index (χ4n) is 1.38. The highest BCUT2D eigenvalue weighted by molar-refractivity contribution is 5.17. The fourth-order valence-corrected chi connectivity index (χ4v) is 1.38. The molecule has 0 radical (unpaired) electrons. The van der Waals surface area contributed by atoms with Crippen LogP contribution in [0.25, 0.3) is 0 Å². The van der Waals surface area contributed by atoms with E-state index in [4.69, 9.17) is 9.84 Å². The van der Waals surface area contributed by atoms with Crippen molar-refractivity contribution in [1.82, 2.24) is 0 Å². The number of aliphatic hydroxyl groups is 2. The minimum Gasteiger partial charge on any atom is -0.396 e. The zero-order valence-corrected chi connectivity index (χ0v) is 8.26. The summed E-state index contributed by atoms with van der Waals surface area (Å²) in [7, 11) is 1.56. The summed E-state index contributed by atoms with van der Waals surface area (Å²) in [5, 5.41) is 18.9. The van der Waals surface area contributed by atoms with E-state index in [9.17, 15) is 5.11 Å². The SMILES string of the molecule is COC[C@@H](CO)[C@H](O)c1ccccc1. The summed E-state index contributed by atoms with van der Waals surface area (Å²) in [6.07, 6.45) is -0.666. The van der Waals surface area contributed by atoms with E-state index in [0.29, 0.717) is 6.61 Å². The van der Waals surface area contributed by atoms with Crippen molar-refractivity contribution in [2.45, 2.75) is 6.10 Å². The average Bonchev–Trinajstić information content (AvgIpc) is 2.26. The van der Waals surface area contributed by atoms with Gasteiger partial charge >= 0.3 is 0 Å². The molecule has 0 spiro atoms. The lowest BCUT2D eigenvalue weighted by atomic mass is 9.97. The Labute approximate surface area is 84.0 Å². The maximum atomic E-state index is 9.87. The van der Waals surface area contributed by atoms with Gasteiger partial charge in [0.2, 0.25) is 0 Å². The van der Waals surface area contributed by atoms with Gasteiger partial charge in [0.15, 0.2) is 0 Å². The van der Waals surface area contributed by atoms with E-state index >= 15 is 0 Å². The van der Waals surface area contributed by atoms with Gasteiger partial charge in [-0.3, -0.25) is 0 Å². The molecule has 0 aliphatic rings. The molecule has 0 aliphatic carbocycles. The van der Waals surface area contributed by atoms with Crippen molar-refractivity contribution in [3.8, 4) is 0 Å². The number of rotatable bonds is 5. The van der Waals surface area contributed by atoms with Crippen molar-refractivity contribution in [2.75, 3.05) is 20.3 Å². The Bertz CT molecular complexity index is 248. The second-order valence-corrected chi connectivity index (χ2v) is 3.25. The maximum absolute atomic E-state index is 9.87. The molecule has 0 amide bonds. The van der Waals surface area contributed by atoms with Gasteiger partial charge in [0, 0.05) is 13.0 Å². The molecular weight excluding hydrogens is 180 g/mol. The average molecular weight is 196 g/mol. The first kappa shape index (κ1) is 11.2. The molecule has 0 unspecified atom stereocenters. The van der Waals surface area contributed by atoms with Crippen molar-refractivity contribution in [3.05, 3.63) is 35.9 Å². The zero-order chi connectivity index (χ0) is 10.4. The van der Waals surface area contributed by atoms with Gasteiger partial charge in [0.1, 0.15) is 0 Å². The summed E-state index contributed by atoms with van der Waals surface area (Å²) in [5.41, 5.74) is 0.809. The van der Waals surface area contributed by atoms with E-state index < -0.39 is 6.10 Å². The lowest BCUT2D eigenvalue weighted by Gasteiger charge is -2.20. The first-order valence-electron chi connectivity index (χ1n) is 4.62. The molecule has 1 aromatic rings. The second kappa shape index (κ2) is 5.75. The second-order valence-electron chi connectivity index (χ2n) is 3.25. The number of hydrogen-bond acceptors (Lipinski definition) is 3. The predicted molar refractivity (Wildman–Crippen MR) is 53.9 cm³/mol. The molecule has 14 heavy (non-hydrogen) atoms. The number of hydrogen-bond donors (Lipinski definition) is 2. The van der Waals surface area contributed by atoms with Gasteiger partial charge in [-0.2, -0.15) is 0 Å². The zero-order valence-electron chi connectivity index (χ0n) is 8.26. The van der Waals surface area contributed by atoms with Gasteiger partial charge in [0.05, 0.1) is 19.3 Å². The Balaban J connectivity index is 2.67. The van der Waals surface area contributed by atoms with Crippen molar-refractivity contribution in [2.24, 2.45) is 5.92 Å². The third-order valence-corrected chi connectivity index (χ3v) is 2.20. The molecule has 0 aromatic heterocycles. The Morgan fingerprint density at radius 2 is 1.93 bits per heavy atom. The molecule has 0 heterocycles. The smallest absolute Gasteiger partial charge is 0.0862 e. The van der Waals surface area contributed by atoms with E-state index in [1.807, 2.05) is 30.3 Å². The van der Waals surface area contributed by atoms with Crippen LogP contribution in [0.5, 0.6) is 0 Å². The number of methoxy groups -OCH3 is 1. The van der Waals surface area contributed by atoms with Crippen LogP contribution < -0.4 is 0 Å². The predicted octanol–water partition coefficient (Wildman–Crippen LogP) is 0.975. The third kappa shape index (κ3) is 2.80. The van der Waals surface area contributed by atoms with Gasteiger partial charge in [-0.25, -0.2) is 0 Å². The highest BCUT2D eigenvalue weighted by Gasteiger charge is 2.19. The summed E-state index contributed by atoms with van der Waals surface area (Å²) < 4.78 is 4.92. The Hall–Kier alpha value is -0.900. The standard InChI is InChI=1S/C11H16O3/c1-14-8-10(7-12)11(13)9-5-3-2-4-6-9/h2-6,10-13H,7-8H2,1H3/t10-,11-/m1/s1. The van der Waals surface area contributed by atoms with E-state index in [2.05, 4.69) is 0 Å². The molecule has 0 aliphatic heterocycles. The lowest BCUT2D eigenvalue weighted by Crippen LogP contribution is -2.21. The monoisotopic (exact) mass is 196 g/mol. The molecule has 2 N–H and O–H groups in total. The third-order valence-electron chi connectivity index (χ3n) is 2.20. The molecule has 1 aromatic carbocycles. The molecule has 0 bridgehead atoms. The Kier molecular flexibility index (Phi) is 4.59. The minimum atomic E-state index is -0.666. The van der Waals surface area contributed by atoms with Crippen molar-refractivity contribution in [1.29, 1.82) is 0 Å². The highest BCUT2D eigenvalue weighted by Crippen LogP contribution is 2.21. The maximum Gasteiger partial charge on any atom is 0.0862 e. The normalized spacial score (nSPS) is 15.1. The van der Waals surface area contributed by atoms with E-state index in [0.717, 1.165) is 5.56 Å². The van der Waals surface area contributed by atoms with Crippen molar-refractivity contribution in [3.63, 3.8) is 0 Å². The highest BCUT2D eigenvalue weighted by atomic mass is 16.5. The number of ether oxygens (including phenoxy) is 1. The fraction of sp³-hybridized carbons (Fsp3) is 0.455. The summed E-state index contributed by atoms with van der Waals surface area (Å²) in [6.45, 7) is 0.274. The number of benzene rings is 1. The van der Waals surface area contributed by atoms with Crippen LogP contribution in [-0.2, 0) is 4.74 Å². The molecule has 78 valence electrons. The summed E-state index contributed by atoms with van der Waals surface area (Å²) in [6, 6.07) is 9.28. The van der Waals surface area contributed by atoms with E-state index in [1.165, 1.54) is 0 Å². The van der Waals surface area contributed by atoms with Gasteiger partial charge in [-0.15, -0.1) is 0 Å². The summed E-state index contributed by atoms with van der Waals surface area (Å²) in [4.78, 5) is 0. The van der Waals surface area contributed by atoms with Gasteiger partial charge in [0.25, 0.3) is 0 Å². The summed E-state index contributed by atoms with van der Waals surface area (Å²) >= 11 is 0. The van der Waals surface area contributed by atoms with Crippen LogP contribution in [0.4, 0.5) is 0 Å². The van der Waals surface area contributed by atoms with Crippen LogP contribution in [-0.4, -0.2) is 30.5 Å². The van der Waals surface area contributed by atoms with Gasteiger partial charge in [-0.1, -0.05) is 30.3 Å². The topological polar surface area (TPSA) is 49.7 Å². The molecule has 0 saturated heterocycles. The van der Waals surface area contributed by atoms with Crippen molar-refractivity contribution < 1.29 is 14.9 Å². The van der Waals surface area contributed by atoms with Crippen molar-refractivity contribution >= 4 is 0 Å². The van der Waals surface area contributed by atoms with Crippen LogP contribution in [0.3, 0.4) is 0 Å². The molecular formula is C11H16O3. The Morgan fingerprint density at radius 1 is 1.29 bits per heavy atom. The van der Waals surface area contributed by atoms with Crippen LogP contribution in [0.1, 0.15) is 11.7 Å². The van der Waals surface area contributed by atoms with Crippen LogP contribution in [0.15, 0.2) is 30.3 Å². The summed E-state index contributed by atoms with van der Waals surface area (Å²) in [5.74, 6) is -0.262. The molecule has 1 rings (SSSR count). The van der Waals surface area contributed by atoms with Crippen LogP contribution in [0, 0.1) is 5.92 Å². The van der Waals surface area contributed by atoms with Gasteiger partial charge in [-0.05, 0) is 5.56 Å². The molecule has 3 nitrogen and oxygen atoms in total. The first-order chi connectivity index (χ1) is 6.79. The molecule has 2 atom stereocenters. The molecule has 0 saturated carbocycles. The largest absolute Gasteiger partial charge is 0.396 e. The van der Waals surface area contributed by atoms with E-state index in [1.54, 1.807) is 7.11 Å². The first-order valence-corrected chi connectivity index (χ1v) is 4.62. The quantitative estimate of drug-likeness (QED) is 0.738. The lowest BCUT2D eigenvalue weighted by molar-refractivity contribution is 0.0158. The molecule has 3 heteroatoms.